The molecule has 0 aromatic carbocycles. The van der Waals surface area contributed by atoms with E-state index in [1.807, 2.05) is 24.4 Å². The number of rotatable bonds is 2. The van der Waals surface area contributed by atoms with Crippen LogP contribution in [0.4, 0.5) is 0 Å². The number of aryl methyl sites for hydroxylation is 1. The van der Waals surface area contributed by atoms with Gasteiger partial charge in [0.15, 0.2) is 0 Å². The average molecular weight is 219 g/mol. The molecule has 0 fully saturated rings. The number of hydrogen-bond acceptors (Lipinski definition) is 3. The second-order valence-electron chi connectivity index (χ2n) is 3.22. The zero-order valence-corrected chi connectivity index (χ0v) is 8.91. The summed E-state index contributed by atoms with van der Waals surface area (Å²) in [6, 6.07) is 5.50. The number of carboxylic acids is 1. The first-order valence-electron chi connectivity index (χ1n) is 4.41. The van der Waals surface area contributed by atoms with Crippen LogP contribution in [-0.4, -0.2) is 16.1 Å². The molecule has 0 unspecified atom stereocenters. The van der Waals surface area contributed by atoms with Gasteiger partial charge in [0, 0.05) is 17.1 Å². The zero-order chi connectivity index (χ0) is 10.8. The number of pyridine rings is 1. The summed E-state index contributed by atoms with van der Waals surface area (Å²) in [4.78, 5) is 15.2. The van der Waals surface area contributed by atoms with Crippen molar-refractivity contribution >= 4 is 17.3 Å². The highest BCUT2D eigenvalue weighted by Crippen LogP contribution is 2.24. The first kappa shape index (κ1) is 9.86. The second-order valence-corrected chi connectivity index (χ2v) is 4.13. The third-order valence-electron chi connectivity index (χ3n) is 2.02. The molecule has 2 heterocycles. The molecule has 15 heavy (non-hydrogen) atoms. The number of nitrogens with zero attached hydrogens (tertiary/aromatic N) is 1. The van der Waals surface area contributed by atoms with Crippen LogP contribution in [0.5, 0.6) is 0 Å². The topological polar surface area (TPSA) is 50.2 Å². The van der Waals surface area contributed by atoms with E-state index in [0.717, 1.165) is 16.8 Å². The van der Waals surface area contributed by atoms with Crippen LogP contribution in [0.2, 0.25) is 0 Å². The van der Waals surface area contributed by atoms with Crippen LogP contribution in [0.25, 0.3) is 11.3 Å². The van der Waals surface area contributed by atoms with Gasteiger partial charge in [-0.3, -0.25) is 4.98 Å². The average Bonchev–Trinajstić information content (AvgIpc) is 2.66. The maximum atomic E-state index is 10.7. The highest BCUT2D eigenvalue weighted by Gasteiger charge is 2.08. The van der Waals surface area contributed by atoms with Gasteiger partial charge in [-0.15, -0.1) is 11.3 Å². The highest BCUT2D eigenvalue weighted by molar-refractivity contribution is 7.12. The number of carboxylic acid groups (broad SMARTS) is 1. The number of thiophene rings is 1. The molecule has 0 saturated heterocycles. The van der Waals surface area contributed by atoms with E-state index >= 15 is 0 Å². The Balaban J connectivity index is 2.41. The molecule has 4 heteroatoms. The molecule has 2 rings (SSSR count). The number of hydrogen-bond donors (Lipinski definition) is 1. The molecular formula is C11H9NO2S. The molecule has 0 aliphatic heterocycles. The molecule has 0 atom stereocenters. The Morgan fingerprint density at radius 3 is 2.87 bits per heavy atom. The Labute approximate surface area is 91.0 Å². The Kier molecular flexibility index (Phi) is 2.51. The lowest BCUT2D eigenvalue weighted by atomic mass is 10.1. The van der Waals surface area contributed by atoms with Crippen molar-refractivity contribution in [3.8, 4) is 11.3 Å². The molecular weight excluding hydrogens is 210 g/mol. The van der Waals surface area contributed by atoms with E-state index in [-0.39, 0.29) is 0 Å². The Morgan fingerprint density at radius 1 is 1.47 bits per heavy atom. The van der Waals surface area contributed by atoms with Crippen molar-refractivity contribution in [3.05, 3.63) is 40.2 Å². The second kappa shape index (κ2) is 3.82. The van der Waals surface area contributed by atoms with Crippen LogP contribution in [0.1, 0.15) is 15.2 Å². The van der Waals surface area contributed by atoms with Crippen LogP contribution in [0.3, 0.4) is 0 Å². The van der Waals surface area contributed by atoms with Gasteiger partial charge < -0.3 is 5.11 Å². The third-order valence-corrected chi connectivity index (χ3v) is 2.94. The molecule has 1 N–H and O–H groups in total. The Hall–Kier alpha value is -1.68. The van der Waals surface area contributed by atoms with E-state index in [2.05, 4.69) is 4.98 Å². The monoisotopic (exact) mass is 219 g/mol. The van der Waals surface area contributed by atoms with Gasteiger partial charge in [-0.1, -0.05) is 0 Å². The van der Waals surface area contributed by atoms with Crippen LogP contribution in [0, 0.1) is 6.92 Å². The summed E-state index contributed by atoms with van der Waals surface area (Å²) in [5.74, 6) is -0.890. The minimum Gasteiger partial charge on any atom is -0.477 e. The molecule has 2 aromatic rings. The molecule has 2 aromatic heterocycles. The number of aromatic carboxylic acids is 1. The summed E-state index contributed by atoms with van der Waals surface area (Å²) in [7, 11) is 0. The molecule has 0 radical (unpaired) electrons. The summed E-state index contributed by atoms with van der Waals surface area (Å²) in [5.41, 5.74) is 2.79. The zero-order valence-electron chi connectivity index (χ0n) is 8.10. The van der Waals surface area contributed by atoms with Crippen LogP contribution in [-0.2, 0) is 0 Å². The fourth-order valence-corrected chi connectivity index (χ4v) is 2.02. The Morgan fingerprint density at radius 2 is 2.27 bits per heavy atom. The largest absolute Gasteiger partial charge is 0.477 e. The molecule has 76 valence electrons. The summed E-state index contributed by atoms with van der Waals surface area (Å²) < 4.78 is 0. The fraction of sp³-hybridized carbons (Fsp3) is 0.0909. The maximum absolute atomic E-state index is 10.7. The van der Waals surface area contributed by atoms with Crippen LogP contribution >= 0.6 is 11.3 Å². The molecule has 3 nitrogen and oxygen atoms in total. The van der Waals surface area contributed by atoms with Crippen molar-refractivity contribution in [2.24, 2.45) is 0 Å². The molecule has 0 aliphatic carbocycles. The highest BCUT2D eigenvalue weighted by atomic mass is 32.1. The van der Waals surface area contributed by atoms with Crippen molar-refractivity contribution < 1.29 is 9.90 Å². The van der Waals surface area contributed by atoms with Crippen molar-refractivity contribution in [2.75, 3.05) is 0 Å². The maximum Gasteiger partial charge on any atom is 0.345 e. The van der Waals surface area contributed by atoms with Gasteiger partial charge in [0.2, 0.25) is 0 Å². The molecule has 0 spiro atoms. The fourth-order valence-electron chi connectivity index (χ4n) is 1.28. The smallest absolute Gasteiger partial charge is 0.345 e. The quantitative estimate of drug-likeness (QED) is 0.844. The number of carbonyl (C=O) groups is 1. The lowest BCUT2D eigenvalue weighted by Crippen LogP contribution is -1.90. The van der Waals surface area contributed by atoms with E-state index in [0.29, 0.717) is 4.88 Å². The van der Waals surface area contributed by atoms with Crippen molar-refractivity contribution in [3.63, 3.8) is 0 Å². The summed E-state index contributed by atoms with van der Waals surface area (Å²) in [6.07, 6.45) is 1.72. The third kappa shape index (κ3) is 2.05. The lowest BCUT2D eigenvalue weighted by Gasteiger charge is -1.97. The minimum atomic E-state index is -0.890. The minimum absolute atomic E-state index is 0.341. The van der Waals surface area contributed by atoms with Crippen molar-refractivity contribution in [1.82, 2.24) is 4.98 Å². The van der Waals surface area contributed by atoms with Gasteiger partial charge in [-0.2, -0.15) is 0 Å². The van der Waals surface area contributed by atoms with Gasteiger partial charge in [-0.05, 0) is 30.7 Å². The predicted octanol–water partition coefficient (Wildman–Crippen LogP) is 2.82. The van der Waals surface area contributed by atoms with E-state index < -0.39 is 5.97 Å². The molecule has 0 aliphatic rings. The normalized spacial score (nSPS) is 10.2. The summed E-state index contributed by atoms with van der Waals surface area (Å²) in [6.45, 7) is 1.98. The molecule has 0 bridgehead atoms. The van der Waals surface area contributed by atoms with Gasteiger partial charge >= 0.3 is 5.97 Å². The first-order chi connectivity index (χ1) is 7.16. The van der Waals surface area contributed by atoms with Crippen molar-refractivity contribution in [2.45, 2.75) is 6.92 Å². The van der Waals surface area contributed by atoms with E-state index in [4.69, 9.17) is 5.11 Å². The van der Waals surface area contributed by atoms with E-state index in [1.54, 1.807) is 12.3 Å². The van der Waals surface area contributed by atoms with Crippen molar-refractivity contribution in [1.29, 1.82) is 0 Å². The van der Waals surface area contributed by atoms with Gasteiger partial charge in [-0.25, -0.2) is 4.79 Å². The lowest BCUT2D eigenvalue weighted by molar-refractivity contribution is 0.0702. The summed E-state index contributed by atoms with van der Waals surface area (Å²) >= 11 is 1.22. The SMILES string of the molecule is Cc1ccnc(-c2csc(C(=O)O)c2)c1. The predicted molar refractivity (Wildman–Crippen MR) is 59.2 cm³/mol. The first-order valence-corrected chi connectivity index (χ1v) is 5.29. The van der Waals surface area contributed by atoms with E-state index in [1.165, 1.54) is 11.3 Å². The molecule has 0 amide bonds. The van der Waals surface area contributed by atoms with Gasteiger partial charge in [0.25, 0.3) is 0 Å². The van der Waals surface area contributed by atoms with Crippen LogP contribution in [0.15, 0.2) is 29.8 Å². The standard InChI is InChI=1S/C11H9NO2S/c1-7-2-3-12-9(4-7)8-5-10(11(13)14)15-6-8/h2-6H,1H3,(H,13,14). The van der Waals surface area contributed by atoms with E-state index in [9.17, 15) is 4.79 Å². The summed E-state index contributed by atoms with van der Waals surface area (Å²) in [5, 5.41) is 10.6. The molecule has 0 saturated carbocycles. The Bertz CT molecular complexity index is 505. The van der Waals surface area contributed by atoms with Gasteiger partial charge in [0.05, 0.1) is 5.69 Å². The van der Waals surface area contributed by atoms with Crippen LogP contribution < -0.4 is 0 Å². The van der Waals surface area contributed by atoms with Gasteiger partial charge in [0.1, 0.15) is 4.88 Å². The number of aromatic nitrogens is 1.